The van der Waals surface area contributed by atoms with Crippen LogP contribution in [-0.2, 0) is 0 Å². The molecule has 1 aliphatic rings. The van der Waals surface area contributed by atoms with Gasteiger partial charge in [0.05, 0.1) is 12.2 Å². The van der Waals surface area contributed by atoms with Gasteiger partial charge in [0.2, 0.25) is 0 Å². The highest BCUT2D eigenvalue weighted by molar-refractivity contribution is 4.78. The number of nitrogens with zero attached hydrogens (tertiary/aromatic N) is 2. The highest BCUT2D eigenvalue weighted by Gasteiger charge is 2.23. The van der Waals surface area contributed by atoms with E-state index < -0.39 is 0 Å². The molecule has 0 radical (unpaired) electrons. The number of aliphatic hydroxyl groups excluding tert-OH is 2. The quantitative estimate of drug-likeness (QED) is 0.699. The summed E-state index contributed by atoms with van der Waals surface area (Å²) in [5.41, 5.74) is 0. The maximum Gasteiger partial charge on any atom is 0.0693 e. The van der Waals surface area contributed by atoms with Crippen molar-refractivity contribution < 1.29 is 10.2 Å². The molecule has 1 aliphatic heterocycles. The fraction of sp³-hybridized carbons (Fsp3) is 1.00. The summed E-state index contributed by atoms with van der Waals surface area (Å²) in [5.74, 6) is 0. The second kappa shape index (κ2) is 8.90. The number of likely N-dealkylation sites (N-methyl/N-ethyl adjacent to an activating group) is 1. The van der Waals surface area contributed by atoms with E-state index >= 15 is 0 Å². The Hall–Kier alpha value is -0.160. The van der Waals surface area contributed by atoms with Gasteiger partial charge in [0.1, 0.15) is 0 Å². The molecule has 1 saturated heterocycles. The third kappa shape index (κ3) is 6.21. The fourth-order valence-electron chi connectivity index (χ4n) is 2.90. The zero-order chi connectivity index (χ0) is 14.3. The van der Waals surface area contributed by atoms with E-state index in [1.165, 1.54) is 32.4 Å². The molecule has 0 aromatic carbocycles. The molecule has 0 spiro atoms. The van der Waals surface area contributed by atoms with Crippen molar-refractivity contribution in [1.82, 2.24) is 9.80 Å². The van der Waals surface area contributed by atoms with Crippen LogP contribution in [0.25, 0.3) is 0 Å². The van der Waals surface area contributed by atoms with E-state index in [0.29, 0.717) is 6.42 Å². The van der Waals surface area contributed by atoms with Crippen molar-refractivity contribution in [2.75, 3.05) is 33.7 Å². The van der Waals surface area contributed by atoms with E-state index in [2.05, 4.69) is 4.90 Å². The van der Waals surface area contributed by atoms with Crippen molar-refractivity contribution in [3.05, 3.63) is 0 Å². The van der Waals surface area contributed by atoms with Gasteiger partial charge in [0.15, 0.2) is 0 Å². The average molecular weight is 272 g/mol. The lowest BCUT2D eigenvalue weighted by molar-refractivity contribution is 0.0296. The molecule has 0 bridgehead atoms. The Bertz CT molecular complexity index is 230. The lowest BCUT2D eigenvalue weighted by Crippen LogP contribution is -2.42. The van der Waals surface area contributed by atoms with Gasteiger partial charge in [0.25, 0.3) is 0 Å². The third-order valence-corrected chi connectivity index (χ3v) is 4.27. The van der Waals surface area contributed by atoms with E-state index in [0.717, 1.165) is 19.4 Å². The van der Waals surface area contributed by atoms with Crippen LogP contribution in [0.5, 0.6) is 0 Å². The molecule has 3 atom stereocenters. The largest absolute Gasteiger partial charge is 0.393 e. The molecule has 0 saturated carbocycles. The number of likely N-dealkylation sites (tertiary alicyclic amines) is 1. The first-order valence-electron chi connectivity index (χ1n) is 7.79. The monoisotopic (exact) mass is 272 g/mol. The summed E-state index contributed by atoms with van der Waals surface area (Å²) in [6, 6.07) is 0.0568. The molecule has 0 aromatic rings. The van der Waals surface area contributed by atoms with Crippen molar-refractivity contribution >= 4 is 0 Å². The van der Waals surface area contributed by atoms with Gasteiger partial charge in [-0.2, -0.15) is 0 Å². The summed E-state index contributed by atoms with van der Waals surface area (Å²) in [6.07, 6.45) is 5.51. The summed E-state index contributed by atoms with van der Waals surface area (Å²) in [6.45, 7) is 5.34. The normalized spacial score (nSPS) is 22.4. The molecule has 0 aliphatic carbocycles. The van der Waals surface area contributed by atoms with Gasteiger partial charge in [0, 0.05) is 12.6 Å². The molecule has 2 N–H and O–H groups in total. The summed E-state index contributed by atoms with van der Waals surface area (Å²) < 4.78 is 0. The Morgan fingerprint density at radius 2 is 1.74 bits per heavy atom. The number of rotatable bonds is 8. The van der Waals surface area contributed by atoms with Gasteiger partial charge < -0.3 is 20.0 Å². The molecule has 4 nitrogen and oxygen atoms in total. The topological polar surface area (TPSA) is 46.9 Å². The minimum absolute atomic E-state index is 0.0568. The van der Waals surface area contributed by atoms with E-state index in [-0.39, 0.29) is 18.2 Å². The van der Waals surface area contributed by atoms with Crippen LogP contribution in [0.3, 0.4) is 0 Å². The van der Waals surface area contributed by atoms with Crippen molar-refractivity contribution in [1.29, 1.82) is 0 Å². The molecule has 0 aromatic heterocycles. The maximum absolute atomic E-state index is 10.2. The second-order valence-electron chi connectivity index (χ2n) is 6.09. The molecule has 114 valence electrons. The zero-order valence-electron chi connectivity index (χ0n) is 12.9. The van der Waals surface area contributed by atoms with Crippen LogP contribution in [0.1, 0.15) is 45.4 Å². The SMILES string of the molecule is CCC(O)C(CC(O)CCN1CCCCC1)N(C)C. The molecular formula is C15H32N2O2. The third-order valence-electron chi connectivity index (χ3n) is 4.27. The fourth-order valence-corrected chi connectivity index (χ4v) is 2.90. The lowest BCUT2D eigenvalue weighted by Gasteiger charge is -2.31. The number of hydrogen-bond donors (Lipinski definition) is 2. The number of aliphatic hydroxyl groups is 2. The highest BCUT2D eigenvalue weighted by Crippen LogP contribution is 2.15. The van der Waals surface area contributed by atoms with E-state index in [1.54, 1.807) is 0 Å². The number of piperidine rings is 1. The molecule has 0 amide bonds. The first-order chi connectivity index (χ1) is 9.04. The Balaban J connectivity index is 2.29. The minimum atomic E-state index is -0.348. The van der Waals surface area contributed by atoms with Crippen molar-refractivity contribution in [3.8, 4) is 0 Å². The van der Waals surface area contributed by atoms with Crippen LogP contribution in [0.15, 0.2) is 0 Å². The lowest BCUT2D eigenvalue weighted by atomic mass is 9.99. The first kappa shape index (κ1) is 16.9. The van der Waals surface area contributed by atoms with E-state index in [1.807, 2.05) is 25.9 Å². The average Bonchev–Trinajstić information content (AvgIpc) is 2.42. The van der Waals surface area contributed by atoms with E-state index in [4.69, 9.17) is 0 Å². The second-order valence-corrected chi connectivity index (χ2v) is 6.09. The Morgan fingerprint density at radius 3 is 2.26 bits per heavy atom. The van der Waals surface area contributed by atoms with Crippen LogP contribution in [0, 0.1) is 0 Å². The standard InChI is InChI=1S/C15H32N2O2/c1-4-15(19)14(16(2)3)12-13(18)8-11-17-9-6-5-7-10-17/h13-15,18-19H,4-12H2,1-3H3. The highest BCUT2D eigenvalue weighted by atomic mass is 16.3. The van der Waals surface area contributed by atoms with Crippen LogP contribution >= 0.6 is 0 Å². The summed E-state index contributed by atoms with van der Waals surface area (Å²) in [7, 11) is 3.95. The van der Waals surface area contributed by atoms with Gasteiger partial charge in [-0.05, 0) is 59.3 Å². The summed E-state index contributed by atoms with van der Waals surface area (Å²) in [4.78, 5) is 4.48. The van der Waals surface area contributed by atoms with Crippen molar-refractivity contribution in [2.24, 2.45) is 0 Å². The Kier molecular flexibility index (Phi) is 7.91. The summed E-state index contributed by atoms with van der Waals surface area (Å²) >= 11 is 0. The minimum Gasteiger partial charge on any atom is -0.393 e. The predicted molar refractivity (Wildman–Crippen MR) is 79.3 cm³/mol. The first-order valence-corrected chi connectivity index (χ1v) is 7.79. The van der Waals surface area contributed by atoms with Crippen molar-refractivity contribution in [2.45, 2.75) is 63.7 Å². The molecule has 1 rings (SSSR count). The van der Waals surface area contributed by atoms with Gasteiger partial charge in [-0.25, -0.2) is 0 Å². The van der Waals surface area contributed by atoms with Crippen molar-refractivity contribution in [3.63, 3.8) is 0 Å². The molecule has 1 heterocycles. The van der Waals surface area contributed by atoms with Crippen LogP contribution in [0.2, 0.25) is 0 Å². The van der Waals surface area contributed by atoms with Gasteiger partial charge in [-0.1, -0.05) is 13.3 Å². The number of hydrogen-bond acceptors (Lipinski definition) is 4. The van der Waals surface area contributed by atoms with Gasteiger partial charge in [-0.15, -0.1) is 0 Å². The Morgan fingerprint density at radius 1 is 1.11 bits per heavy atom. The Labute approximate surface area is 118 Å². The molecular weight excluding hydrogens is 240 g/mol. The molecule has 4 heteroatoms. The summed E-state index contributed by atoms with van der Waals surface area (Å²) in [5, 5.41) is 20.2. The molecule has 19 heavy (non-hydrogen) atoms. The molecule has 3 unspecified atom stereocenters. The van der Waals surface area contributed by atoms with Crippen LogP contribution in [-0.4, -0.2) is 72.0 Å². The van der Waals surface area contributed by atoms with Gasteiger partial charge >= 0.3 is 0 Å². The van der Waals surface area contributed by atoms with Gasteiger partial charge in [-0.3, -0.25) is 0 Å². The van der Waals surface area contributed by atoms with Crippen LogP contribution < -0.4 is 0 Å². The maximum atomic E-state index is 10.2. The smallest absolute Gasteiger partial charge is 0.0693 e. The molecule has 1 fully saturated rings. The zero-order valence-corrected chi connectivity index (χ0v) is 12.9. The van der Waals surface area contributed by atoms with Crippen LogP contribution in [0.4, 0.5) is 0 Å². The predicted octanol–water partition coefficient (Wildman–Crippen LogP) is 1.31. The van der Waals surface area contributed by atoms with E-state index in [9.17, 15) is 10.2 Å².